The molecule has 1 unspecified atom stereocenters. The molecule has 0 aliphatic heterocycles. The van der Waals surface area contributed by atoms with Gasteiger partial charge in [0.2, 0.25) is 0 Å². The van der Waals surface area contributed by atoms with Gasteiger partial charge in [-0.05, 0) is 65.2 Å². The van der Waals surface area contributed by atoms with Crippen molar-refractivity contribution in [1.82, 2.24) is 0 Å². The van der Waals surface area contributed by atoms with Gasteiger partial charge in [-0.15, -0.1) is 0 Å². The molecule has 0 fully saturated rings. The first-order valence-corrected chi connectivity index (χ1v) is 9.39. The zero-order valence-corrected chi connectivity index (χ0v) is 16.9. The molecule has 0 N–H and O–H groups in total. The molecule has 0 heterocycles. The number of benzene rings is 1. The standard InChI is InChI=1S/C23H31FO2/c1-16(14-21(25)26-24)8-7-9-17(2)18-10-11-19-20(15-18)23(5,6)13-12-22(19,3)4/h7-8,10-11,14-15,17H,9,12-13H2,1-6H3/b8-7+,16-14+. The van der Waals surface area contributed by atoms with Crippen LogP contribution in [0.25, 0.3) is 0 Å². The van der Waals surface area contributed by atoms with E-state index in [0.717, 1.165) is 12.5 Å². The second-order valence-electron chi connectivity index (χ2n) is 8.90. The number of carbonyl (C=O) groups is 1. The summed E-state index contributed by atoms with van der Waals surface area (Å²) < 4.78 is 11.8. The summed E-state index contributed by atoms with van der Waals surface area (Å²) in [5.41, 5.74) is 5.41. The van der Waals surface area contributed by atoms with Gasteiger partial charge in [0.15, 0.2) is 0 Å². The van der Waals surface area contributed by atoms with Gasteiger partial charge in [0.25, 0.3) is 0 Å². The van der Waals surface area contributed by atoms with E-state index >= 15 is 0 Å². The maximum atomic E-state index is 11.8. The highest BCUT2D eigenvalue weighted by Crippen LogP contribution is 2.46. The van der Waals surface area contributed by atoms with E-state index in [0.29, 0.717) is 11.5 Å². The number of allylic oxidation sites excluding steroid dienone is 3. The fraction of sp³-hybridized carbons (Fsp3) is 0.522. The molecule has 1 aliphatic carbocycles. The fourth-order valence-corrected chi connectivity index (χ4v) is 3.76. The molecule has 0 saturated carbocycles. The van der Waals surface area contributed by atoms with E-state index in [1.165, 1.54) is 29.5 Å². The molecule has 1 atom stereocenters. The van der Waals surface area contributed by atoms with Gasteiger partial charge in [-0.2, -0.15) is 0 Å². The quantitative estimate of drug-likeness (QED) is 0.446. The summed E-state index contributed by atoms with van der Waals surface area (Å²) in [6.07, 6.45) is 8.29. The number of halogens is 1. The molecule has 0 bridgehead atoms. The van der Waals surface area contributed by atoms with Crippen molar-refractivity contribution in [3.63, 3.8) is 0 Å². The lowest BCUT2D eigenvalue weighted by atomic mass is 9.62. The summed E-state index contributed by atoms with van der Waals surface area (Å²) in [6.45, 7) is 13.3. The normalized spacial score (nSPS) is 19.9. The van der Waals surface area contributed by atoms with Crippen LogP contribution in [0.2, 0.25) is 0 Å². The Morgan fingerprint density at radius 1 is 1.19 bits per heavy atom. The third-order valence-electron chi connectivity index (χ3n) is 5.74. The Morgan fingerprint density at radius 3 is 2.42 bits per heavy atom. The van der Waals surface area contributed by atoms with Crippen molar-refractivity contribution in [2.75, 3.05) is 0 Å². The molecule has 3 heteroatoms. The predicted octanol–water partition coefficient (Wildman–Crippen LogP) is 6.46. The van der Waals surface area contributed by atoms with Crippen LogP contribution in [0.15, 0.2) is 42.0 Å². The number of hydrogen-bond donors (Lipinski definition) is 0. The molecule has 2 rings (SSSR count). The van der Waals surface area contributed by atoms with Crippen molar-refractivity contribution in [3.05, 3.63) is 58.7 Å². The summed E-state index contributed by atoms with van der Waals surface area (Å²) in [5, 5.41) is 0. The summed E-state index contributed by atoms with van der Waals surface area (Å²) in [5.74, 6) is -0.599. The Bertz CT molecular complexity index is 726. The highest BCUT2D eigenvalue weighted by molar-refractivity contribution is 5.82. The summed E-state index contributed by atoms with van der Waals surface area (Å²) >= 11 is 0. The smallest absolute Gasteiger partial charge is 0.250 e. The summed E-state index contributed by atoms with van der Waals surface area (Å²) in [4.78, 5) is 14.0. The maximum Gasteiger partial charge on any atom is 0.372 e. The highest BCUT2D eigenvalue weighted by atomic mass is 19.3. The Balaban J connectivity index is 2.17. The molecular formula is C23H31FO2. The van der Waals surface area contributed by atoms with Crippen molar-refractivity contribution in [2.45, 2.75) is 77.6 Å². The van der Waals surface area contributed by atoms with E-state index in [4.69, 9.17) is 0 Å². The fourth-order valence-electron chi connectivity index (χ4n) is 3.76. The molecular weight excluding hydrogens is 327 g/mol. The molecule has 0 amide bonds. The van der Waals surface area contributed by atoms with Gasteiger partial charge in [-0.25, -0.2) is 4.79 Å². The third kappa shape index (κ3) is 4.63. The van der Waals surface area contributed by atoms with Crippen LogP contribution >= 0.6 is 0 Å². The number of hydrogen-bond acceptors (Lipinski definition) is 2. The molecule has 1 aromatic rings. The lowest BCUT2D eigenvalue weighted by Gasteiger charge is -2.42. The Morgan fingerprint density at radius 2 is 1.81 bits per heavy atom. The largest absolute Gasteiger partial charge is 0.372 e. The van der Waals surface area contributed by atoms with Crippen LogP contribution in [0.5, 0.6) is 0 Å². The van der Waals surface area contributed by atoms with Crippen LogP contribution in [0.1, 0.15) is 83.4 Å². The Hall–Kier alpha value is -1.90. The van der Waals surface area contributed by atoms with Crippen LogP contribution in [-0.4, -0.2) is 5.97 Å². The zero-order chi connectivity index (χ0) is 19.5. The Kier molecular flexibility index (Phi) is 6.10. The van der Waals surface area contributed by atoms with Crippen molar-refractivity contribution in [2.24, 2.45) is 0 Å². The van der Waals surface area contributed by atoms with Gasteiger partial charge in [0.05, 0.1) is 0 Å². The molecule has 0 radical (unpaired) electrons. The molecule has 26 heavy (non-hydrogen) atoms. The SMILES string of the molecule is CC(/C=C/CC(C)c1ccc2c(c1)C(C)(C)CCC2(C)C)=C\C(=O)OF. The topological polar surface area (TPSA) is 26.3 Å². The average molecular weight is 358 g/mol. The average Bonchev–Trinajstić information content (AvgIpc) is 2.58. The minimum absolute atomic E-state index is 0.211. The predicted molar refractivity (Wildman–Crippen MR) is 105 cm³/mol. The highest BCUT2D eigenvalue weighted by Gasteiger charge is 2.37. The van der Waals surface area contributed by atoms with E-state index in [2.05, 4.69) is 57.8 Å². The first kappa shape index (κ1) is 20.4. The Labute approximate surface area is 157 Å². The van der Waals surface area contributed by atoms with Crippen LogP contribution in [0.4, 0.5) is 4.53 Å². The van der Waals surface area contributed by atoms with E-state index in [-0.39, 0.29) is 10.8 Å². The molecule has 2 nitrogen and oxygen atoms in total. The minimum Gasteiger partial charge on any atom is -0.250 e. The van der Waals surface area contributed by atoms with Crippen LogP contribution in [0.3, 0.4) is 0 Å². The van der Waals surface area contributed by atoms with Gasteiger partial charge in [0, 0.05) is 10.6 Å². The number of carbonyl (C=O) groups excluding carboxylic acids is 1. The first-order chi connectivity index (χ1) is 12.1. The van der Waals surface area contributed by atoms with Crippen molar-refractivity contribution >= 4 is 5.97 Å². The summed E-state index contributed by atoms with van der Waals surface area (Å²) in [7, 11) is 0. The minimum atomic E-state index is -0.972. The van der Waals surface area contributed by atoms with E-state index < -0.39 is 5.97 Å². The maximum absolute atomic E-state index is 11.8. The first-order valence-electron chi connectivity index (χ1n) is 9.39. The van der Waals surface area contributed by atoms with E-state index in [9.17, 15) is 9.32 Å². The third-order valence-corrected chi connectivity index (χ3v) is 5.74. The second-order valence-corrected chi connectivity index (χ2v) is 8.90. The molecule has 142 valence electrons. The van der Waals surface area contributed by atoms with Crippen molar-refractivity contribution < 1.29 is 14.3 Å². The van der Waals surface area contributed by atoms with Crippen LogP contribution < -0.4 is 0 Å². The van der Waals surface area contributed by atoms with Crippen LogP contribution in [-0.2, 0) is 20.6 Å². The van der Waals surface area contributed by atoms with Crippen molar-refractivity contribution in [3.8, 4) is 0 Å². The molecule has 1 aliphatic rings. The van der Waals surface area contributed by atoms with Gasteiger partial charge < -0.3 is 0 Å². The molecule has 0 saturated heterocycles. The number of rotatable bonds is 5. The lowest BCUT2D eigenvalue weighted by Crippen LogP contribution is -2.33. The molecule has 0 aromatic heterocycles. The lowest BCUT2D eigenvalue weighted by molar-refractivity contribution is -0.176. The van der Waals surface area contributed by atoms with Gasteiger partial charge in [-0.1, -0.05) is 65.0 Å². The van der Waals surface area contributed by atoms with E-state index in [1.807, 2.05) is 12.2 Å². The van der Waals surface area contributed by atoms with Gasteiger partial charge >= 0.3 is 5.97 Å². The van der Waals surface area contributed by atoms with Crippen LogP contribution in [0, 0.1) is 0 Å². The van der Waals surface area contributed by atoms with Gasteiger partial charge in [0.1, 0.15) is 0 Å². The van der Waals surface area contributed by atoms with Gasteiger partial charge in [-0.3, -0.25) is 4.94 Å². The molecule has 1 aromatic carbocycles. The zero-order valence-electron chi connectivity index (χ0n) is 16.9. The van der Waals surface area contributed by atoms with Crippen molar-refractivity contribution in [1.29, 1.82) is 0 Å². The molecule has 0 spiro atoms. The monoisotopic (exact) mass is 358 g/mol. The summed E-state index contributed by atoms with van der Waals surface area (Å²) in [6, 6.07) is 6.95. The number of fused-ring (bicyclic) bond motifs is 1. The second kappa shape index (κ2) is 7.77. The van der Waals surface area contributed by atoms with E-state index in [1.54, 1.807) is 6.92 Å².